The number of nitrogens with one attached hydrogen (secondary N) is 1. The number of hydrogen-bond donors (Lipinski definition) is 1. The van der Waals surface area contributed by atoms with Crippen LogP contribution in [0.4, 0.5) is 18.9 Å². The highest BCUT2D eigenvalue weighted by Gasteiger charge is 2.30. The molecule has 0 aliphatic heterocycles. The van der Waals surface area contributed by atoms with Gasteiger partial charge in [-0.1, -0.05) is 23.7 Å². The highest BCUT2D eigenvalue weighted by Crippen LogP contribution is 2.29. The molecule has 0 aliphatic carbocycles. The van der Waals surface area contributed by atoms with E-state index in [0.717, 1.165) is 12.3 Å². The lowest BCUT2D eigenvalue weighted by molar-refractivity contribution is -0.137. The van der Waals surface area contributed by atoms with Crippen molar-refractivity contribution < 1.29 is 18.0 Å². The van der Waals surface area contributed by atoms with Gasteiger partial charge in [-0.15, -0.1) is 11.8 Å². The quantitative estimate of drug-likeness (QED) is 0.773. The number of halogens is 4. The Kier molecular flexibility index (Phi) is 5.90. The molecular formula is C15H12ClF3N2OS. The topological polar surface area (TPSA) is 42.0 Å². The Balaban J connectivity index is 1.81. The number of hydrogen-bond acceptors (Lipinski definition) is 3. The number of alkyl halides is 3. The lowest BCUT2D eigenvalue weighted by atomic mass is 10.3. The van der Waals surface area contributed by atoms with E-state index in [9.17, 15) is 18.0 Å². The van der Waals surface area contributed by atoms with Crippen LogP contribution in [0.3, 0.4) is 0 Å². The SMILES string of the molecule is O=C(CCSc1ccc(C(F)(F)F)cn1)Nc1ccccc1Cl. The molecule has 1 amide bonds. The first kappa shape index (κ1) is 17.6. The molecule has 23 heavy (non-hydrogen) atoms. The molecule has 1 aromatic carbocycles. The van der Waals surface area contributed by atoms with Crippen LogP contribution in [-0.4, -0.2) is 16.6 Å². The summed E-state index contributed by atoms with van der Waals surface area (Å²) < 4.78 is 37.2. The molecular weight excluding hydrogens is 349 g/mol. The smallest absolute Gasteiger partial charge is 0.325 e. The molecule has 2 rings (SSSR count). The highest BCUT2D eigenvalue weighted by molar-refractivity contribution is 7.99. The predicted octanol–water partition coefficient (Wildman–Crippen LogP) is 4.87. The molecule has 1 heterocycles. The van der Waals surface area contributed by atoms with Gasteiger partial charge in [-0.25, -0.2) is 4.98 Å². The first-order chi connectivity index (χ1) is 10.9. The number of benzene rings is 1. The van der Waals surface area contributed by atoms with E-state index in [2.05, 4.69) is 10.3 Å². The summed E-state index contributed by atoms with van der Waals surface area (Å²) >= 11 is 7.14. The molecule has 0 saturated carbocycles. The van der Waals surface area contributed by atoms with Crippen molar-refractivity contribution in [3.63, 3.8) is 0 Å². The van der Waals surface area contributed by atoms with Gasteiger partial charge in [-0.2, -0.15) is 13.2 Å². The molecule has 0 atom stereocenters. The van der Waals surface area contributed by atoms with Crippen molar-refractivity contribution in [3.8, 4) is 0 Å². The van der Waals surface area contributed by atoms with Crippen molar-refractivity contribution in [2.45, 2.75) is 17.6 Å². The van der Waals surface area contributed by atoms with Crippen LogP contribution in [0.5, 0.6) is 0 Å². The Morgan fingerprint density at radius 1 is 1.22 bits per heavy atom. The van der Waals surface area contributed by atoms with Crippen molar-refractivity contribution in [1.29, 1.82) is 0 Å². The summed E-state index contributed by atoms with van der Waals surface area (Å²) in [4.78, 5) is 15.5. The molecule has 0 fully saturated rings. The van der Waals surface area contributed by atoms with Crippen molar-refractivity contribution >= 4 is 35.0 Å². The maximum absolute atomic E-state index is 12.4. The van der Waals surface area contributed by atoms with Crippen LogP contribution in [0.25, 0.3) is 0 Å². The number of pyridine rings is 1. The summed E-state index contributed by atoms with van der Waals surface area (Å²) in [5.41, 5.74) is -0.268. The summed E-state index contributed by atoms with van der Waals surface area (Å²) in [6.07, 6.45) is -3.42. The van der Waals surface area contributed by atoms with Gasteiger partial charge in [-0.05, 0) is 24.3 Å². The van der Waals surface area contributed by atoms with Gasteiger partial charge in [0, 0.05) is 18.4 Å². The number of aromatic nitrogens is 1. The van der Waals surface area contributed by atoms with E-state index >= 15 is 0 Å². The minimum atomic E-state index is -4.40. The molecule has 2 aromatic rings. The standard InChI is InChI=1S/C15H12ClF3N2OS/c16-11-3-1-2-4-12(11)21-13(22)7-8-23-14-6-5-10(9-20-14)15(17,18)19/h1-6,9H,7-8H2,(H,21,22). The second kappa shape index (κ2) is 7.70. The van der Waals surface area contributed by atoms with Crippen LogP contribution in [0.2, 0.25) is 5.02 Å². The first-order valence-electron chi connectivity index (χ1n) is 6.56. The molecule has 3 nitrogen and oxygen atoms in total. The first-order valence-corrected chi connectivity index (χ1v) is 7.93. The molecule has 0 aliphatic rings. The summed E-state index contributed by atoms with van der Waals surface area (Å²) in [6, 6.07) is 9.12. The molecule has 122 valence electrons. The number of thioether (sulfide) groups is 1. The maximum atomic E-state index is 12.4. The fourth-order valence-corrected chi connectivity index (χ4v) is 2.63. The van der Waals surface area contributed by atoms with E-state index in [-0.39, 0.29) is 12.3 Å². The largest absolute Gasteiger partial charge is 0.417 e. The number of para-hydroxylation sites is 1. The fraction of sp³-hybridized carbons (Fsp3) is 0.200. The van der Waals surface area contributed by atoms with E-state index < -0.39 is 11.7 Å². The summed E-state index contributed by atoms with van der Waals surface area (Å²) in [6.45, 7) is 0. The zero-order valence-electron chi connectivity index (χ0n) is 11.7. The second-order valence-electron chi connectivity index (χ2n) is 4.51. The van der Waals surface area contributed by atoms with Gasteiger partial charge >= 0.3 is 6.18 Å². The lowest BCUT2D eigenvalue weighted by Gasteiger charge is -2.08. The zero-order valence-corrected chi connectivity index (χ0v) is 13.3. The maximum Gasteiger partial charge on any atom is 0.417 e. The van der Waals surface area contributed by atoms with Crippen LogP contribution < -0.4 is 5.32 Å². The van der Waals surface area contributed by atoms with Gasteiger partial charge in [0.2, 0.25) is 5.91 Å². The summed E-state index contributed by atoms with van der Waals surface area (Å²) in [5.74, 6) is 0.173. The third-order valence-corrected chi connectivity index (χ3v) is 4.07. The number of carbonyl (C=O) groups excluding carboxylic acids is 1. The lowest BCUT2D eigenvalue weighted by Crippen LogP contribution is -2.12. The Morgan fingerprint density at radius 2 is 1.96 bits per heavy atom. The van der Waals surface area contributed by atoms with E-state index in [1.165, 1.54) is 17.8 Å². The van der Waals surface area contributed by atoms with Crippen LogP contribution in [0.15, 0.2) is 47.6 Å². The Labute approximate surface area is 140 Å². The Hall–Kier alpha value is -1.73. The summed E-state index contributed by atoms with van der Waals surface area (Å²) in [5, 5.41) is 3.55. The molecule has 0 bridgehead atoms. The van der Waals surface area contributed by atoms with E-state index in [4.69, 9.17) is 11.6 Å². The Morgan fingerprint density at radius 3 is 2.57 bits per heavy atom. The molecule has 1 aromatic heterocycles. The van der Waals surface area contributed by atoms with Crippen LogP contribution in [0, 0.1) is 0 Å². The highest BCUT2D eigenvalue weighted by atomic mass is 35.5. The summed E-state index contributed by atoms with van der Waals surface area (Å²) in [7, 11) is 0. The monoisotopic (exact) mass is 360 g/mol. The van der Waals surface area contributed by atoms with Crippen molar-refractivity contribution in [2.24, 2.45) is 0 Å². The number of carbonyl (C=O) groups is 1. The molecule has 0 unspecified atom stereocenters. The van der Waals surface area contributed by atoms with Gasteiger partial charge in [0.1, 0.15) is 0 Å². The average Bonchev–Trinajstić information content (AvgIpc) is 2.49. The third kappa shape index (κ3) is 5.44. The van der Waals surface area contributed by atoms with Crippen LogP contribution >= 0.6 is 23.4 Å². The molecule has 0 radical (unpaired) electrons. The number of rotatable bonds is 5. The number of anilines is 1. The molecule has 0 saturated heterocycles. The van der Waals surface area contributed by atoms with Gasteiger partial charge in [-0.3, -0.25) is 4.79 Å². The molecule has 0 spiro atoms. The van der Waals surface area contributed by atoms with Crippen molar-refractivity contribution in [3.05, 3.63) is 53.2 Å². The number of amides is 1. The third-order valence-electron chi connectivity index (χ3n) is 2.79. The molecule has 8 heteroatoms. The van der Waals surface area contributed by atoms with E-state index in [0.29, 0.717) is 21.5 Å². The minimum Gasteiger partial charge on any atom is -0.325 e. The Bertz CT molecular complexity index is 677. The zero-order chi connectivity index (χ0) is 16.9. The van der Waals surface area contributed by atoms with Gasteiger partial charge in [0.25, 0.3) is 0 Å². The second-order valence-corrected chi connectivity index (χ2v) is 6.03. The van der Waals surface area contributed by atoms with Crippen LogP contribution in [-0.2, 0) is 11.0 Å². The average molecular weight is 361 g/mol. The fourth-order valence-electron chi connectivity index (χ4n) is 1.66. The molecule has 1 N–H and O–H groups in total. The van der Waals surface area contributed by atoms with E-state index in [1.807, 2.05) is 0 Å². The predicted molar refractivity (Wildman–Crippen MR) is 84.7 cm³/mol. The normalized spacial score (nSPS) is 11.3. The number of nitrogens with zero attached hydrogens (tertiary/aromatic N) is 1. The van der Waals surface area contributed by atoms with Crippen LogP contribution in [0.1, 0.15) is 12.0 Å². The minimum absolute atomic E-state index is 0.193. The van der Waals surface area contributed by atoms with Crippen molar-refractivity contribution in [1.82, 2.24) is 4.98 Å². The van der Waals surface area contributed by atoms with E-state index in [1.54, 1.807) is 24.3 Å². The van der Waals surface area contributed by atoms with Gasteiger partial charge in [0.05, 0.1) is 21.3 Å². The van der Waals surface area contributed by atoms with Gasteiger partial charge < -0.3 is 5.32 Å². The van der Waals surface area contributed by atoms with Crippen molar-refractivity contribution in [2.75, 3.05) is 11.1 Å². The van der Waals surface area contributed by atoms with Gasteiger partial charge in [0.15, 0.2) is 0 Å².